The Labute approximate surface area is 58.4 Å². The molecule has 0 spiro atoms. The Morgan fingerprint density at radius 2 is 1.43 bits per heavy atom. The van der Waals surface area contributed by atoms with Gasteiger partial charge in [-0.2, -0.15) is 12.8 Å². The summed E-state index contributed by atoms with van der Waals surface area (Å²) in [6.07, 6.45) is 9.50. The Balaban J connectivity index is 0.000000360. The standard InChI is InChI=1S/C6H11.Ru.2H/c1-2-4-6-5-3-1;;;/h1H,2-6H2;;;/q-1;;;. The molecular formula is C6H13Ru-. The van der Waals surface area contributed by atoms with Gasteiger partial charge in [-0.05, 0) is 0 Å². The summed E-state index contributed by atoms with van der Waals surface area (Å²) in [5.74, 6) is 0. The fourth-order valence-corrected chi connectivity index (χ4v) is 0.898. The average Bonchev–Trinajstić information content (AvgIpc) is 1.72. The van der Waals surface area contributed by atoms with E-state index >= 15 is 0 Å². The van der Waals surface area contributed by atoms with Gasteiger partial charge in [0, 0.05) is 0 Å². The molecule has 0 aromatic heterocycles. The van der Waals surface area contributed by atoms with Gasteiger partial charge in [0.2, 0.25) is 0 Å². The van der Waals surface area contributed by atoms with Crippen LogP contribution in [0, 0.1) is 6.42 Å². The van der Waals surface area contributed by atoms with Gasteiger partial charge in [0.15, 0.2) is 0 Å². The van der Waals surface area contributed by atoms with Crippen molar-refractivity contribution in [3.63, 3.8) is 0 Å². The SMILES string of the molecule is [CH-]1CCCCC1.[RuH2]. The quantitative estimate of drug-likeness (QED) is 0.398. The zero-order valence-electron chi connectivity index (χ0n) is 4.52. The van der Waals surface area contributed by atoms with E-state index in [2.05, 4.69) is 6.42 Å². The molecule has 0 N–H and O–H groups in total. The first-order chi connectivity index (χ1) is 3.00. The minimum atomic E-state index is 0. The maximum absolute atomic E-state index is 2.39. The Bertz CT molecular complexity index is 19.7. The van der Waals surface area contributed by atoms with Gasteiger partial charge in [-0.3, -0.25) is 0 Å². The number of hydrogen-bond acceptors (Lipinski definition) is 0. The van der Waals surface area contributed by atoms with Crippen LogP contribution in [0.25, 0.3) is 0 Å². The van der Waals surface area contributed by atoms with Crippen molar-refractivity contribution in [3.8, 4) is 0 Å². The molecule has 0 heterocycles. The molecule has 0 aromatic carbocycles. The van der Waals surface area contributed by atoms with Crippen molar-refractivity contribution in [2.75, 3.05) is 0 Å². The van der Waals surface area contributed by atoms with Gasteiger partial charge in [-0.1, -0.05) is 19.3 Å². The van der Waals surface area contributed by atoms with Crippen molar-refractivity contribution in [2.24, 2.45) is 0 Å². The molecule has 0 bridgehead atoms. The predicted octanol–water partition coefficient (Wildman–Crippen LogP) is 1.62. The van der Waals surface area contributed by atoms with Gasteiger partial charge in [0.05, 0.1) is 0 Å². The van der Waals surface area contributed by atoms with Gasteiger partial charge in [-0.15, -0.1) is 0 Å². The summed E-state index contributed by atoms with van der Waals surface area (Å²) in [4.78, 5) is 0. The number of rotatable bonds is 0. The van der Waals surface area contributed by atoms with E-state index in [1.807, 2.05) is 0 Å². The van der Waals surface area contributed by atoms with Crippen LogP contribution in [-0.2, 0) is 19.5 Å². The fourth-order valence-electron chi connectivity index (χ4n) is 0.898. The molecule has 1 saturated carbocycles. The van der Waals surface area contributed by atoms with E-state index in [0.717, 1.165) is 0 Å². The summed E-state index contributed by atoms with van der Waals surface area (Å²) < 4.78 is 0. The second-order valence-electron chi connectivity index (χ2n) is 1.93. The minimum absolute atomic E-state index is 0. The third kappa shape index (κ3) is 3.23. The van der Waals surface area contributed by atoms with Crippen LogP contribution in [0.1, 0.15) is 32.1 Å². The molecule has 0 unspecified atom stereocenters. The first kappa shape index (κ1) is 7.62. The van der Waals surface area contributed by atoms with E-state index in [9.17, 15) is 0 Å². The molecule has 0 atom stereocenters. The Morgan fingerprint density at radius 1 is 0.857 bits per heavy atom. The molecule has 1 aliphatic rings. The van der Waals surface area contributed by atoms with Gasteiger partial charge in [-0.25, -0.2) is 0 Å². The van der Waals surface area contributed by atoms with E-state index in [1.165, 1.54) is 32.1 Å². The third-order valence-electron chi connectivity index (χ3n) is 1.32. The molecule has 46 valence electrons. The predicted molar refractivity (Wildman–Crippen MR) is 30.2 cm³/mol. The van der Waals surface area contributed by atoms with Crippen LogP contribution in [0.3, 0.4) is 0 Å². The summed E-state index contributed by atoms with van der Waals surface area (Å²) in [6.45, 7) is 0. The van der Waals surface area contributed by atoms with Gasteiger partial charge >= 0.3 is 19.5 Å². The van der Waals surface area contributed by atoms with Crippen LogP contribution < -0.4 is 0 Å². The summed E-state index contributed by atoms with van der Waals surface area (Å²) in [6, 6.07) is 0. The molecular weight excluding hydrogens is 173 g/mol. The van der Waals surface area contributed by atoms with Gasteiger partial charge < -0.3 is 6.42 Å². The summed E-state index contributed by atoms with van der Waals surface area (Å²) in [5.41, 5.74) is 0. The van der Waals surface area contributed by atoms with Gasteiger partial charge in [0.25, 0.3) is 0 Å². The van der Waals surface area contributed by atoms with Crippen LogP contribution >= 0.6 is 0 Å². The van der Waals surface area contributed by atoms with E-state index in [4.69, 9.17) is 0 Å². The maximum atomic E-state index is 2.39. The van der Waals surface area contributed by atoms with Crippen molar-refractivity contribution in [1.29, 1.82) is 0 Å². The van der Waals surface area contributed by atoms with E-state index in [1.54, 1.807) is 0 Å². The van der Waals surface area contributed by atoms with Crippen LogP contribution in [0.4, 0.5) is 0 Å². The van der Waals surface area contributed by atoms with Crippen LogP contribution in [0.15, 0.2) is 0 Å². The molecule has 7 heavy (non-hydrogen) atoms. The Kier molecular flexibility index (Phi) is 5.20. The Hall–Kier alpha value is 0.623. The van der Waals surface area contributed by atoms with E-state index < -0.39 is 0 Å². The molecule has 0 aromatic rings. The van der Waals surface area contributed by atoms with Crippen LogP contribution in [-0.4, -0.2) is 0 Å². The molecule has 0 amide bonds. The molecule has 1 aliphatic carbocycles. The fraction of sp³-hybridized carbons (Fsp3) is 0.833. The van der Waals surface area contributed by atoms with Crippen molar-refractivity contribution >= 4 is 0 Å². The van der Waals surface area contributed by atoms with Gasteiger partial charge in [0.1, 0.15) is 0 Å². The van der Waals surface area contributed by atoms with Crippen LogP contribution in [0.2, 0.25) is 0 Å². The van der Waals surface area contributed by atoms with E-state index in [0.29, 0.717) is 0 Å². The first-order valence-corrected chi connectivity index (χ1v) is 2.82. The molecule has 0 nitrogen and oxygen atoms in total. The monoisotopic (exact) mass is 187 g/mol. The summed E-state index contributed by atoms with van der Waals surface area (Å²) >= 11 is 0. The summed E-state index contributed by atoms with van der Waals surface area (Å²) in [7, 11) is 0. The van der Waals surface area contributed by atoms with Crippen molar-refractivity contribution in [1.82, 2.24) is 0 Å². The van der Waals surface area contributed by atoms with Crippen molar-refractivity contribution in [2.45, 2.75) is 32.1 Å². The summed E-state index contributed by atoms with van der Waals surface area (Å²) in [5, 5.41) is 0. The molecule has 1 rings (SSSR count). The zero-order valence-corrected chi connectivity index (χ0v) is 6.53. The average molecular weight is 186 g/mol. The third-order valence-corrected chi connectivity index (χ3v) is 1.32. The molecule has 1 heteroatoms. The van der Waals surface area contributed by atoms with Crippen molar-refractivity contribution < 1.29 is 19.5 Å². The van der Waals surface area contributed by atoms with Crippen LogP contribution in [0.5, 0.6) is 0 Å². The molecule has 0 aliphatic heterocycles. The zero-order chi connectivity index (χ0) is 4.24. The van der Waals surface area contributed by atoms with Crippen molar-refractivity contribution in [3.05, 3.63) is 6.42 Å². The van der Waals surface area contributed by atoms with E-state index in [-0.39, 0.29) is 19.5 Å². The normalized spacial score (nSPS) is 20.6. The second-order valence-corrected chi connectivity index (χ2v) is 1.93. The molecule has 0 radical (unpaired) electrons. The Morgan fingerprint density at radius 3 is 1.57 bits per heavy atom. The second kappa shape index (κ2) is 4.77. The first-order valence-electron chi connectivity index (χ1n) is 2.82. The topological polar surface area (TPSA) is 0 Å². The number of hydrogen-bond donors (Lipinski definition) is 0. The molecule has 1 fully saturated rings. The molecule has 0 saturated heterocycles.